The van der Waals surface area contributed by atoms with E-state index in [0.29, 0.717) is 11.3 Å². The van der Waals surface area contributed by atoms with Crippen LogP contribution in [-0.2, 0) is 9.53 Å². The highest BCUT2D eigenvalue weighted by Gasteiger charge is 2.19. The van der Waals surface area contributed by atoms with E-state index in [-0.39, 0.29) is 11.7 Å². The molecule has 5 heteroatoms. The van der Waals surface area contributed by atoms with Crippen molar-refractivity contribution in [1.29, 1.82) is 0 Å². The van der Waals surface area contributed by atoms with Gasteiger partial charge in [-0.05, 0) is 66.9 Å². The highest BCUT2D eigenvalue weighted by atomic mass is 16.5. The smallest absolute Gasteiger partial charge is 0.338 e. The van der Waals surface area contributed by atoms with Crippen molar-refractivity contribution < 1.29 is 19.4 Å². The van der Waals surface area contributed by atoms with Gasteiger partial charge in [0.2, 0.25) is 0 Å². The topological polar surface area (TPSA) is 75.6 Å². The van der Waals surface area contributed by atoms with E-state index < -0.39 is 12.1 Å². The first kappa shape index (κ1) is 19.2. The second kappa shape index (κ2) is 8.39. The van der Waals surface area contributed by atoms with E-state index in [0.717, 1.165) is 16.7 Å². The van der Waals surface area contributed by atoms with E-state index in [2.05, 4.69) is 5.32 Å². The maximum atomic E-state index is 12.3. The van der Waals surface area contributed by atoms with E-state index in [4.69, 9.17) is 4.74 Å². The maximum absolute atomic E-state index is 12.3. The Balaban J connectivity index is 1.62. The molecule has 3 aromatic rings. The van der Waals surface area contributed by atoms with Crippen molar-refractivity contribution >= 4 is 17.6 Å². The molecule has 1 atom stereocenters. The minimum Gasteiger partial charge on any atom is -0.508 e. The molecular formula is C23H21NO4. The molecule has 0 spiro atoms. The molecule has 0 fully saturated rings. The van der Waals surface area contributed by atoms with Crippen LogP contribution in [0.3, 0.4) is 0 Å². The van der Waals surface area contributed by atoms with Crippen molar-refractivity contribution in [2.75, 3.05) is 5.32 Å². The first-order chi connectivity index (χ1) is 13.4. The van der Waals surface area contributed by atoms with E-state index >= 15 is 0 Å². The first-order valence-corrected chi connectivity index (χ1v) is 8.90. The van der Waals surface area contributed by atoms with Crippen LogP contribution in [0.5, 0.6) is 5.75 Å². The molecule has 1 amide bonds. The van der Waals surface area contributed by atoms with E-state index in [9.17, 15) is 14.7 Å². The fraction of sp³-hybridized carbons (Fsp3) is 0.130. The lowest BCUT2D eigenvalue weighted by atomic mass is 10.0. The third-order valence-corrected chi connectivity index (χ3v) is 4.26. The van der Waals surface area contributed by atoms with Crippen molar-refractivity contribution in [3.8, 4) is 16.9 Å². The maximum Gasteiger partial charge on any atom is 0.338 e. The quantitative estimate of drug-likeness (QED) is 0.642. The zero-order chi connectivity index (χ0) is 20.1. The second-order valence-electron chi connectivity index (χ2n) is 6.53. The summed E-state index contributed by atoms with van der Waals surface area (Å²) in [7, 11) is 0. The fourth-order valence-electron chi connectivity index (χ4n) is 2.70. The number of hydrogen-bond donors (Lipinski definition) is 2. The molecule has 3 rings (SSSR count). The summed E-state index contributed by atoms with van der Waals surface area (Å²) in [4.78, 5) is 24.6. The number of nitrogens with one attached hydrogen (secondary N) is 1. The number of amides is 1. The molecule has 0 saturated carbocycles. The number of aryl methyl sites for hydroxylation is 1. The number of carbonyl (C=O) groups excluding carboxylic acids is 2. The summed E-state index contributed by atoms with van der Waals surface area (Å²) in [6, 6.07) is 21.1. The summed E-state index contributed by atoms with van der Waals surface area (Å²) in [5.74, 6) is -0.759. The Hall–Kier alpha value is -3.60. The van der Waals surface area contributed by atoms with Gasteiger partial charge >= 0.3 is 5.97 Å². The Morgan fingerprint density at radius 2 is 1.54 bits per heavy atom. The van der Waals surface area contributed by atoms with Crippen molar-refractivity contribution in [2.24, 2.45) is 0 Å². The van der Waals surface area contributed by atoms with Crippen molar-refractivity contribution in [1.82, 2.24) is 0 Å². The summed E-state index contributed by atoms with van der Waals surface area (Å²) < 4.78 is 5.28. The lowest BCUT2D eigenvalue weighted by Crippen LogP contribution is -2.30. The molecule has 28 heavy (non-hydrogen) atoms. The Labute approximate surface area is 163 Å². The summed E-state index contributed by atoms with van der Waals surface area (Å²) in [6.07, 6.45) is -0.926. The van der Waals surface area contributed by atoms with Gasteiger partial charge in [-0.15, -0.1) is 0 Å². The Morgan fingerprint density at radius 3 is 2.14 bits per heavy atom. The van der Waals surface area contributed by atoms with Gasteiger partial charge in [0.25, 0.3) is 5.91 Å². The van der Waals surface area contributed by atoms with E-state index in [1.54, 1.807) is 54.6 Å². The zero-order valence-corrected chi connectivity index (χ0v) is 15.7. The number of phenolic OH excluding ortho intramolecular Hbond substituents is 1. The van der Waals surface area contributed by atoms with Gasteiger partial charge in [-0.25, -0.2) is 4.79 Å². The predicted octanol–water partition coefficient (Wildman–Crippen LogP) is 4.55. The fourth-order valence-corrected chi connectivity index (χ4v) is 2.70. The van der Waals surface area contributed by atoms with Gasteiger partial charge in [-0.3, -0.25) is 4.79 Å². The summed E-state index contributed by atoms with van der Waals surface area (Å²) in [6.45, 7) is 3.47. The van der Waals surface area contributed by atoms with Gasteiger partial charge in [0.05, 0.1) is 5.56 Å². The minimum absolute atomic E-state index is 0.196. The molecule has 0 aliphatic carbocycles. The average Bonchev–Trinajstić information content (AvgIpc) is 2.68. The van der Waals surface area contributed by atoms with Crippen LogP contribution < -0.4 is 5.32 Å². The Bertz CT molecular complexity index is 978. The molecule has 0 heterocycles. The Morgan fingerprint density at radius 1 is 0.929 bits per heavy atom. The van der Waals surface area contributed by atoms with Crippen LogP contribution in [0.4, 0.5) is 5.69 Å². The van der Waals surface area contributed by atoms with Crippen LogP contribution in [0.2, 0.25) is 0 Å². The van der Waals surface area contributed by atoms with Crippen LogP contribution in [0.1, 0.15) is 22.8 Å². The first-order valence-electron chi connectivity index (χ1n) is 8.90. The van der Waals surface area contributed by atoms with Gasteiger partial charge in [0.1, 0.15) is 5.75 Å². The molecule has 5 nitrogen and oxygen atoms in total. The highest BCUT2D eigenvalue weighted by molar-refractivity contribution is 5.97. The van der Waals surface area contributed by atoms with Crippen LogP contribution in [0, 0.1) is 6.92 Å². The number of aromatic hydroxyl groups is 1. The van der Waals surface area contributed by atoms with E-state index in [1.807, 2.05) is 25.1 Å². The largest absolute Gasteiger partial charge is 0.508 e. The van der Waals surface area contributed by atoms with Gasteiger partial charge in [0, 0.05) is 5.69 Å². The number of hydrogen-bond acceptors (Lipinski definition) is 4. The normalized spacial score (nSPS) is 11.5. The third-order valence-electron chi connectivity index (χ3n) is 4.26. The molecule has 0 radical (unpaired) electrons. The lowest BCUT2D eigenvalue weighted by Gasteiger charge is -2.14. The molecule has 0 aliphatic heterocycles. The lowest BCUT2D eigenvalue weighted by molar-refractivity contribution is -0.123. The average molecular weight is 375 g/mol. The minimum atomic E-state index is -0.926. The number of esters is 1. The van der Waals surface area contributed by atoms with Crippen molar-refractivity contribution in [3.05, 3.63) is 83.9 Å². The molecule has 0 bridgehead atoms. The number of ether oxygens (including phenoxy) is 1. The molecular weight excluding hydrogens is 354 g/mol. The highest BCUT2D eigenvalue weighted by Crippen LogP contribution is 2.22. The molecule has 0 aliphatic rings. The number of anilines is 1. The summed E-state index contributed by atoms with van der Waals surface area (Å²) in [5, 5.41) is 12.1. The number of carbonyl (C=O) groups is 2. The van der Waals surface area contributed by atoms with Gasteiger partial charge < -0.3 is 15.2 Å². The molecule has 142 valence electrons. The second-order valence-corrected chi connectivity index (χ2v) is 6.53. The third kappa shape index (κ3) is 4.76. The van der Waals surface area contributed by atoms with Gasteiger partial charge in [-0.2, -0.15) is 0 Å². The summed E-state index contributed by atoms with van der Waals surface area (Å²) >= 11 is 0. The predicted molar refractivity (Wildman–Crippen MR) is 108 cm³/mol. The van der Waals surface area contributed by atoms with Crippen molar-refractivity contribution in [2.45, 2.75) is 20.0 Å². The molecule has 0 unspecified atom stereocenters. The molecule has 0 aromatic heterocycles. The molecule has 2 N–H and O–H groups in total. The standard InChI is InChI=1S/C23H21NO4/c1-15-4-3-5-20(14-15)24-22(26)16(2)28-23(27)19-8-6-17(7-9-19)18-10-12-21(25)13-11-18/h3-14,16,25H,1-2H3,(H,24,26)/t16-/m1/s1. The molecule has 0 saturated heterocycles. The van der Waals surface area contributed by atoms with E-state index in [1.165, 1.54) is 6.92 Å². The Kier molecular flexibility index (Phi) is 5.75. The number of benzene rings is 3. The summed E-state index contributed by atoms with van der Waals surface area (Å²) in [5.41, 5.74) is 3.87. The van der Waals surface area contributed by atoms with Gasteiger partial charge in [-0.1, -0.05) is 36.4 Å². The zero-order valence-electron chi connectivity index (χ0n) is 15.7. The van der Waals surface area contributed by atoms with Crippen molar-refractivity contribution in [3.63, 3.8) is 0 Å². The van der Waals surface area contributed by atoms with Gasteiger partial charge in [0.15, 0.2) is 6.10 Å². The van der Waals surface area contributed by atoms with Crippen LogP contribution in [0.25, 0.3) is 11.1 Å². The molecule has 3 aromatic carbocycles. The number of phenols is 1. The number of rotatable bonds is 5. The van der Waals surface area contributed by atoms with Crippen LogP contribution >= 0.6 is 0 Å². The van der Waals surface area contributed by atoms with Crippen LogP contribution in [0.15, 0.2) is 72.8 Å². The SMILES string of the molecule is Cc1cccc(NC(=O)[C@@H](C)OC(=O)c2ccc(-c3ccc(O)cc3)cc2)c1. The van der Waals surface area contributed by atoms with Crippen LogP contribution in [-0.4, -0.2) is 23.1 Å². The monoisotopic (exact) mass is 375 g/mol.